The predicted octanol–water partition coefficient (Wildman–Crippen LogP) is 0.569. The maximum Gasteiger partial charge on any atom is 0.238 e. The van der Waals surface area contributed by atoms with E-state index in [0.717, 1.165) is 5.56 Å². The first-order valence-electron chi connectivity index (χ1n) is 5.43. The van der Waals surface area contributed by atoms with E-state index in [-0.39, 0.29) is 10.8 Å². The molecule has 1 amide bonds. The van der Waals surface area contributed by atoms with Crippen LogP contribution in [0.1, 0.15) is 12.0 Å². The summed E-state index contributed by atoms with van der Waals surface area (Å²) in [5.74, 6) is -0.0644. The Bertz CT molecular complexity index is 521. The van der Waals surface area contributed by atoms with Crippen LogP contribution >= 0.6 is 0 Å². The van der Waals surface area contributed by atoms with Gasteiger partial charge in [-0.2, -0.15) is 0 Å². The van der Waals surface area contributed by atoms with Crippen LogP contribution in [0.3, 0.4) is 0 Å². The second kappa shape index (κ2) is 6.32. The lowest BCUT2D eigenvalue weighted by Crippen LogP contribution is -2.23. The highest BCUT2D eigenvalue weighted by Crippen LogP contribution is 2.10. The summed E-state index contributed by atoms with van der Waals surface area (Å²) in [6.07, 6.45) is 2.51. The number of hydrogen-bond acceptors (Lipinski definition) is 3. The van der Waals surface area contributed by atoms with Gasteiger partial charge in [0.25, 0.3) is 0 Å². The highest BCUT2D eigenvalue weighted by atomic mass is 32.2. The normalized spacial score (nSPS) is 10.9. The van der Waals surface area contributed by atoms with E-state index in [0.29, 0.717) is 19.4 Å². The molecule has 0 radical (unpaired) electrons. The molecule has 0 bridgehead atoms. The van der Waals surface area contributed by atoms with Gasteiger partial charge in [0, 0.05) is 13.0 Å². The van der Waals surface area contributed by atoms with E-state index in [1.165, 1.54) is 12.1 Å². The SMILES string of the molecule is C=CCNC(=O)CCc1ccc(S(N)(=O)=O)cc1. The molecule has 1 rings (SSSR count). The third kappa shape index (κ3) is 4.68. The fourth-order valence-electron chi connectivity index (χ4n) is 1.38. The molecular weight excluding hydrogens is 252 g/mol. The largest absolute Gasteiger partial charge is 0.353 e. The molecule has 0 heterocycles. The summed E-state index contributed by atoms with van der Waals surface area (Å²) in [5.41, 5.74) is 0.885. The van der Waals surface area contributed by atoms with Crippen LogP contribution in [0, 0.1) is 0 Å². The van der Waals surface area contributed by atoms with Crippen molar-refractivity contribution in [3.8, 4) is 0 Å². The van der Waals surface area contributed by atoms with Gasteiger partial charge in [-0.15, -0.1) is 6.58 Å². The molecule has 1 aromatic carbocycles. The van der Waals surface area contributed by atoms with Crippen molar-refractivity contribution in [1.82, 2.24) is 5.32 Å². The Morgan fingerprint density at radius 3 is 2.44 bits per heavy atom. The molecular formula is C12H16N2O3S. The van der Waals surface area contributed by atoms with E-state index in [9.17, 15) is 13.2 Å². The number of sulfonamides is 1. The van der Waals surface area contributed by atoms with E-state index in [1.54, 1.807) is 18.2 Å². The number of nitrogens with one attached hydrogen (secondary N) is 1. The Morgan fingerprint density at radius 1 is 1.33 bits per heavy atom. The van der Waals surface area contributed by atoms with Gasteiger partial charge in [-0.3, -0.25) is 4.79 Å². The van der Waals surface area contributed by atoms with Crippen LogP contribution in [-0.2, 0) is 21.2 Å². The molecule has 1 aromatic rings. The lowest BCUT2D eigenvalue weighted by molar-refractivity contribution is -0.120. The molecule has 0 saturated carbocycles. The Kier molecular flexibility index (Phi) is 5.06. The summed E-state index contributed by atoms with van der Waals surface area (Å²) < 4.78 is 22.1. The van der Waals surface area contributed by atoms with Gasteiger partial charge in [-0.05, 0) is 24.1 Å². The van der Waals surface area contributed by atoms with Gasteiger partial charge < -0.3 is 5.32 Å². The number of aryl methyl sites for hydroxylation is 1. The van der Waals surface area contributed by atoms with Crippen LogP contribution in [-0.4, -0.2) is 20.9 Å². The monoisotopic (exact) mass is 268 g/mol. The Hall–Kier alpha value is -1.66. The molecule has 98 valence electrons. The predicted molar refractivity (Wildman–Crippen MR) is 69.3 cm³/mol. The molecule has 0 saturated heterocycles. The molecule has 0 aliphatic heterocycles. The third-order valence-corrected chi connectivity index (χ3v) is 3.27. The van der Waals surface area contributed by atoms with Gasteiger partial charge in [0.15, 0.2) is 0 Å². The standard InChI is InChI=1S/C12H16N2O3S/c1-2-9-14-12(15)8-5-10-3-6-11(7-4-10)18(13,16)17/h2-4,6-7H,1,5,8-9H2,(H,14,15)(H2,13,16,17). The van der Waals surface area contributed by atoms with Crippen molar-refractivity contribution in [3.05, 3.63) is 42.5 Å². The molecule has 0 atom stereocenters. The van der Waals surface area contributed by atoms with Crippen molar-refractivity contribution in [2.75, 3.05) is 6.54 Å². The average Bonchev–Trinajstić information content (AvgIpc) is 2.33. The van der Waals surface area contributed by atoms with E-state index in [4.69, 9.17) is 5.14 Å². The minimum absolute atomic E-state index is 0.0644. The lowest BCUT2D eigenvalue weighted by atomic mass is 10.1. The van der Waals surface area contributed by atoms with Crippen molar-refractivity contribution in [2.45, 2.75) is 17.7 Å². The molecule has 0 unspecified atom stereocenters. The minimum atomic E-state index is -3.65. The van der Waals surface area contributed by atoms with Crippen molar-refractivity contribution in [1.29, 1.82) is 0 Å². The van der Waals surface area contributed by atoms with Crippen molar-refractivity contribution < 1.29 is 13.2 Å². The first-order chi connectivity index (χ1) is 8.43. The zero-order chi connectivity index (χ0) is 13.6. The quantitative estimate of drug-likeness (QED) is 0.739. The van der Waals surface area contributed by atoms with Crippen LogP contribution in [0.15, 0.2) is 41.8 Å². The maximum atomic E-state index is 11.3. The van der Waals surface area contributed by atoms with E-state index in [1.807, 2.05) is 0 Å². The van der Waals surface area contributed by atoms with Crippen molar-refractivity contribution >= 4 is 15.9 Å². The number of nitrogens with two attached hydrogens (primary N) is 1. The van der Waals surface area contributed by atoms with Gasteiger partial charge in [-0.1, -0.05) is 18.2 Å². The first kappa shape index (κ1) is 14.4. The van der Waals surface area contributed by atoms with E-state index < -0.39 is 10.0 Å². The Morgan fingerprint density at radius 2 is 1.94 bits per heavy atom. The van der Waals surface area contributed by atoms with Crippen LogP contribution < -0.4 is 10.5 Å². The topological polar surface area (TPSA) is 89.3 Å². The molecule has 6 heteroatoms. The fraction of sp³-hybridized carbons (Fsp3) is 0.250. The Labute approximate surface area is 107 Å². The number of rotatable bonds is 6. The van der Waals surface area contributed by atoms with Crippen molar-refractivity contribution in [2.24, 2.45) is 5.14 Å². The summed E-state index contributed by atoms with van der Waals surface area (Å²) in [6.45, 7) is 3.95. The van der Waals surface area contributed by atoms with Gasteiger partial charge in [-0.25, -0.2) is 13.6 Å². The first-order valence-corrected chi connectivity index (χ1v) is 6.97. The fourth-order valence-corrected chi connectivity index (χ4v) is 1.89. The van der Waals surface area contributed by atoms with Gasteiger partial charge in [0.2, 0.25) is 15.9 Å². The molecule has 5 nitrogen and oxygen atoms in total. The number of amides is 1. The molecule has 0 aromatic heterocycles. The highest BCUT2D eigenvalue weighted by molar-refractivity contribution is 7.89. The van der Waals surface area contributed by atoms with Crippen LogP contribution in [0.4, 0.5) is 0 Å². The summed E-state index contributed by atoms with van der Waals surface area (Å²) in [4.78, 5) is 11.4. The molecule has 3 N–H and O–H groups in total. The zero-order valence-electron chi connectivity index (χ0n) is 9.93. The number of carbonyl (C=O) groups is 1. The Balaban J connectivity index is 2.54. The minimum Gasteiger partial charge on any atom is -0.353 e. The van der Waals surface area contributed by atoms with Crippen LogP contribution in [0.2, 0.25) is 0 Å². The highest BCUT2D eigenvalue weighted by Gasteiger charge is 2.07. The number of hydrogen-bond donors (Lipinski definition) is 2. The maximum absolute atomic E-state index is 11.3. The number of primary sulfonamides is 1. The third-order valence-electron chi connectivity index (χ3n) is 2.34. The summed E-state index contributed by atoms with van der Waals surface area (Å²) in [6, 6.07) is 6.18. The zero-order valence-corrected chi connectivity index (χ0v) is 10.7. The summed E-state index contributed by atoms with van der Waals surface area (Å²) >= 11 is 0. The molecule has 0 fully saturated rings. The summed E-state index contributed by atoms with van der Waals surface area (Å²) in [7, 11) is -3.65. The molecule has 0 spiro atoms. The number of benzene rings is 1. The number of carbonyl (C=O) groups excluding carboxylic acids is 1. The molecule has 0 aliphatic rings. The van der Waals surface area contributed by atoms with Gasteiger partial charge in [0.1, 0.15) is 0 Å². The van der Waals surface area contributed by atoms with E-state index >= 15 is 0 Å². The second-order valence-corrected chi connectivity index (χ2v) is 5.34. The second-order valence-electron chi connectivity index (χ2n) is 3.78. The smallest absolute Gasteiger partial charge is 0.238 e. The van der Waals surface area contributed by atoms with E-state index in [2.05, 4.69) is 11.9 Å². The van der Waals surface area contributed by atoms with Crippen LogP contribution in [0.25, 0.3) is 0 Å². The summed E-state index contributed by atoms with van der Waals surface area (Å²) in [5, 5.41) is 7.65. The van der Waals surface area contributed by atoms with Gasteiger partial charge in [0.05, 0.1) is 4.90 Å². The molecule has 18 heavy (non-hydrogen) atoms. The van der Waals surface area contributed by atoms with Crippen molar-refractivity contribution in [3.63, 3.8) is 0 Å². The van der Waals surface area contributed by atoms with Gasteiger partial charge >= 0.3 is 0 Å². The average molecular weight is 268 g/mol. The lowest BCUT2D eigenvalue weighted by Gasteiger charge is -2.04. The molecule has 0 aliphatic carbocycles. The van der Waals surface area contributed by atoms with Crippen LogP contribution in [0.5, 0.6) is 0 Å².